The summed E-state index contributed by atoms with van der Waals surface area (Å²) in [5.74, 6) is -1.04. The minimum Gasteiger partial charge on any atom is -0.497 e. The Balaban J connectivity index is 0.000000175. The van der Waals surface area contributed by atoms with Gasteiger partial charge in [0, 0.05) is 126 Å². The van der Waals surface area contributed by atoms with E-state index in [4.69, 9.17) is 23.4 Å². The number of methoxy groups -OCH3 is 1. The number of anilines is 3. The molecule has 8 heterocycles. The number of aromatic nitrogens is 3. The molecule has 9 aromatic rings. The van der Waals surface area contributed by atoms with Gasteiger partial charge in [-0.1, -0.05) is 47.5 Å². The molecule has 0 radical (unpaired) electrons. The molecule has 0 unspecified atom stereocenters. The highest BCUT2D eigenvalue weighted by Gasteiger charge is 2.35. The fourth-order valence-corrected chi connectivity index (χ4v) is 14.8. The van der Waals surface area contributed by atoms with E-state index in [1.54, 1.807) is 87.8 Å². The van der Waals surface area contributed by atoms with Gasteiger partial charge in [-0.2, -0.15) is 0 Å². The van der Waals surface area contributed by atoms with Crippen LogP contribution in [0.15, 0.2) is 140 Å². The Morgan fingerprint density at radius 2 is 0.853 bits per heavy atom. The molecule has 3 aliphatic rings. The van der Waals surface area contributed by atoms with E-state index in [-0.39, 0.29) is 70.9 Å². The number of piperazine rings is 3. The second-order valence-electron chi connectivity index (χ2n) is 27.9. The molecule has 26 nitrogen and oxygen atoms in total. The molecule has 3 fully saturated rings. The zero-order chi connectivity index (χ0) is 78.2. The fraction of sp³-hybridized carbons (Fsp3) is 0.427. The maximum absolute atomic E-state index is 13.9. The highest BCUT2D eigenvalue weighted by Crippen LogP contribution is 2.36. The Hall–Kier alpha value is -10.6. The first-order chi connectivity index (χ1) is 52.5. The van der Waals surface area contributed by atoms with Crippen LogP contribution in [0, 0.1) is 13.8 Å². The summed E-state index contributed by atoms with van der Waals surface area (Å²) >= 11 is 1.44. The molecule has 4 aromatic carbocycles. The SMILES string of the molecule is CCOC(=O)c1c(N2CCN(C(=O)c3ccc(OC)cc3)CC2)c2cc(C)ccc2n(CCCN(C)C)c1=O.CCOC(=O)c1c(N2CCN(C(=O)c3ccco3)CC2)c2ccccc2n(CCN(C)C)c1=O.CCOC(=O)c1c(N2CCN(C(=O)c3cccs3)CC2)c2cc(C)ccc2n(CCCN(C)C)c1=O. The summed E-state index contributed by atoms with van der Waals surface area (Å²) in [5, 5.41) is 4.42. The standard InChI is InChI=1S/C30H38N4O5.C27H34N4O4S.C25H30N4O5/c1-6-39-30(37)26-27(24-20-21(2)8-13-25(24)34(29(26)36)15-7-14-31(3)4)32-16-18-33(19-17-32)28(35)22-9-11-23(38-5)12-10-22;1-5-35-27(34)23-24(29-13-15-30(16-14-29)25(32)22-8-6-17-36-22)20-18-19(2)9-10-21(20)31(26(23)33)12-7-11-28(3)4;1-4-33-25(32)21-22(27-12-14-28(15-13-27)23(30)20-10-7-17-34-20)18-8-5-6-9-19(18)29(24(21)31)16-11-26(2)3/h8-13,20H,6-7,14-19H2,1-5H3;6,8-10,17-18H,5,7,11-16H2,1-4H3;5-10,17H,4,11-16H2,1-3H3. The van der Waals surface area contributed by atoms with Crippen LogP contribution in [0.4, 0.5) is 17.1 Å². The Morgan fingerprint density at radius 1 is 0.440 bits per heavy atom. The number of hydrogen-bond donors (Lipinski definition) is 0. The molecule has 0 bridgehead atoms. The van der Waals surface area contributed by atoms with E-state index >= 15 is 0 Å². The van der Waals surface area contributed by atoms with Crippen LogP contribution in [0.5, 0.6) is 5.75 Å². The van der Waals surface area contributed by atoms with E-state index in [2.05, 4.69) is 19.6 Å². The van der Waals surface area contributed by atoms with Crippen molar-refractivity contribution in [3.05, 3.63) is 196 Å². The second-order valence-corrected chi connectivity index (χ2v) is 28.8. The first-order valence-corrected chi connectivity index (χ1v) is 38.2. The molecular formula is C82H102N12O14S. The lowest BCUT2D eigenvalue weighted by atomic mass is 10.0. The summed E-state index contributed by atoms with van der Waals surface area (Å²) in [5.41, 5.74) is 6.01. The van der Waals surface area contributed by atoms with Crippen molar-refractivity contribution < 1.29 is 52.1 Å². The van der Waals surface area contributed by atoms with E-state index in [9.17, 15) is 43.2 Å². The summed E-state index contributed by atoms with van der Waals surface area (Å²) in [6.07, 6.45) is 3.02. The third-order valence-corrected chi connectivity index (χ3v) is 20.4. The van der Waals surface area contributed by atoms with E-state index in [1.807, 2.05) is 149 Å². The quantitative estimate of drug-likeness (QED) is 0.0404. The maximum atomic E-state index is 13.9. The van der Waals surface area contributed by atoms with Gasteiger partial charge in [-0.15, -0.1) is 11.3 Å². The number of pyridine rings is 3. The first kappa shape index (κ1) is 80.9. The number of carbonyl (C=O) groups excluding carboxylic acids is 6. The number of furan rings is 1. The third kappa shape index (κ3) is 18.9. The molecule has 3 amide bonds. The zero-order valence-electron chi connectivity index (χ0n) is 64.8. The molecule has 3 saturated heterocycles. The lowest BCUT2D eigenvalue weighted by Crippen LogP contribution is -2.49. The minimum atomic E-state index is -0.624. The van der Waals surface area contributed by atoms with Crippen LogP contribution in [0.25, 0.3) is 32.7 Å². The molecule has 3 aliphatic heterocycles. The van der Waals surface area contributed by atoms with Gasteiger partial charge in [-0.25, -0.2) is 14.4 Å². The molecule has 5 aromatic heterocycles. The van der Waals surface area contributed by atoms with E-state index in [0.29, 0.717) is 139 Å². The lowest BCUT2D eigenvalue weighted by Gasteiger charge is -2.37. The number of thiophene rings is 1. The zero-order valence-corrected chi connectivity index (χ0v) is 65.6. The Kier molecular flexibility index (Phi) is 27.8. The third-order valence-electron chi connectivity index (χ3n) is 19.6. The summed E-state index contributed by atoms with van der Waals surface area (Å²) in [6, 6.07) is 33.7. The number of ether oxygens (including phenoxy) is 4. The predicted octanol–water partition coefficient (Wildman–Crippen LogP) is 9.17. The molecule has 27 heteroatoms. The molecule has 0 aliphatic carbocycles. The average molecular weight is 1510 g/mol. The smallest absolute Gasteiger partial charge is 0.345 e. The number of esters is 3. The summed E-state index contributed by atoms with van der Waals surface area (Å²) in [4.78, 5) is 138. The second kappa shape index (κ2) is 37.5. The van der Waals surface area contributed by atoms with Gasteiger partial charge in [0.1, 0.15) is 22.4 Å². The van der Waals surface area contributed by atoms with Gasteiger partial charge in [0.05, 0.1) is 71.7 Å². The van der Waals surface area contributed by atoms with Gasteiger partial charge < -0.3 is 81.2 Å². The number of rotatable bonds is 24. The van der Waals surface area contributed by atoms with Crippen molar-refractivity contribution in [1.29, 1.82) is 0 Å². The van der Waals surface area contributed by atoms with Crippen molar-refractivity contribution in [1.82, 2.24) is 43.1 Å². The molecular weight excluding hydrogens is 1410 g/mol. The van der Waals surface area contributed by atoms with Gasteiger partial charge in [-0.05, 0) is 181 Å². The summed E-state index contributed by atoms with van der Waals surface area (Å²) in [7, 11) is 13.5. The van der Waals surface area contributed by atoms with Gasteiger partial charge in [0.2, 0.25) is 0 Å². The molecule has 12 rings (SSSR count). The minimum absolute atomic E-state index is 0.0206. The van der Waals surface area contributed by atoms with Gasteiger partial charge in [-0.3, -0.25) is 28.8 Å². The van der Waals surface area contributed by atoms with Crippen molar-refractivity contribution in [2.45, 2.75) is 67.1 Å². The molecule has 580 valence electrons. The number of amides is 3. The number of nitrogens with zero attached hydrogens (tertiary/aromatic N) is 12. The first-order valence-electron chi connectivity index (χ1n) is 37.3. The normalized spacial score (nSPS) is 13.9. The predicted molar refractivity (Wildman–Crippen MR) is 427 cm³/mol. The number of benzene rings is 4. The largest absolute Gasteiger partial charge is 0.497 e. The molecule has 0 saturated carbocycles. The van der Waals surface area contributed by atoms with Crippen LogP contribution in [0.3, 0.4) is 0 Å². The van der Waals surface area contributed by atoms with Crippen LogP contribution in [0.2, 0.25) is 0 Å². The Bertz CT molecular complexity index is 4870. The number of hydrogen-bond acceptors (Lipinski definition) is 21. The van der Waals surface area contributed by atoms with E-state index < -0.39 is 17.9 Å². The van der Waals surface area contributed by atoms with Crippen molar-refractivity contribution in [2.75, 3.05) is 182 Å². The van der Waals surface area contributed by atoms with Crippen LogP contribution in [-0.4, -0.2) is 246 Å². The summed E-state index contributed by atoms with van der Waals surface area (Å²) < 4.78 is 31.6. The van der Waals surface area contributed by atoms with Crippen LogP contribution in [-0.2, 0) is 33.8 Å². The van der Waals surface area contributed by atoms with Gasteiger partial charge in [0.25, 0.3) is 34.4 Å². The van der Waals surface area contributed by atoms with Crippen molar-refractivity contribution in [3.8, 4) is 5.75 Å². The summed E-state index contributed by atoms with van der Waals surface area (Å²) in [6.45, 7) is 19.3. The highest BCUT2D eigenvalue weighted by atomic mass is 32.1. The molecule has 0 atom stereocenters. The Labute approximate surface area is 639 Å². The van der Waals surface area contributed by atoms with E-state index in [1.165, 1.54) is 17.6 Å². The van der Waals surface area contributed by atoms with Crippen molar-refractivity contribution in [3.63, 3.8) is 0 Å². The monoisotopic (exact) mass is 1510 g/mol. The van der Waals surface area contributed by atoms with Crippen LogP contribution in [0.1, 0.15) is 106 Å². The number of para-hydroxylation sites is 1. The van der Waals surface area contributed by atoms with Crippen molar-refractivity contribution in [2.24, 2.45) is 0 Å². The van der Waals surface area contributed by atoms with Gasteiger partial charge >= 0.3 is 17.9 Å². The number of carbonyl (C=O) groups is 6. The fourth-order valence-electron chi connectivity index (χ4n) is 14.1. The highest BCUT2D eigenvalue weighted by molar-refractivity contribution is 7.12. The maximum Gasteiger partial charge on any atom is 0.345 e. The molecule has 0 spiro atoms. The van der Waals surface area contributed by atoms with Crippen molar-refractivity contribution >= 4 is 96.7 Å². The Morgan fingerprint density at radius 3 is 1.26 bits per heavy atom. The molecule has 0 N–H and O–H groups in total. The number of likely N-dealkylation sites (N-methyl/N-ethyl adjacent to an activating group) is 1. The average Bonchev–Trinajstić information content (AvgIpc) is 1.39. The number of fused-ring (bicyclic) bond motifs is 3. The van der Waals surface area contributed by atoms with Crippen LogP contribution >= 0.6 is 11.3 Å². The van der Waals surface area contributed by atoms with E-state index in [0.717, 1.165) is 74.6 Å². The number of aryl methyl sites for hydroxylation is 4. The lowest BCUT2D eigenvalue weighted by molar-refractivity contribution is 0.0514. The topological polar surface area (TPSA) is 248 Å². The van der Waals surface area contributed by atoms with Crippen LogP contribution < -0.4 is 36.1 Å². The van der Waals surface area contributed by atoms with Gasteiger partial charge in [0.15, 0.2) is 5.76 Å². The molecule has 109 heavy (non-hydrogen) atoms.